The zero-order chi connectivity index (χ0) is 27.5. The number of ether oxygens (including phenoxy) is 4. The molecule has 0 saturated heterocycles. The largest absolute Gasteiger partial charge is 0.494 e. The predicted molar refractivity (Wildman–Crippen MR) is 152 cm³/mol. The zero-order valence-corrected chi connectivity index (χ0v) is 23.2. The Kier molecular flexibility index (Phi) is 13.1. The van der Waals surface area contributed by atoms with Crippen LogP contribution in [0.1, 0.15) is 54.8 Å². The molecule has 0 radical (unpaired) electrons. The molecule has 4 aromatic rings. The van der Waals surface area contributed by atoms with Gasteiger partial charge in [0.2, 0.25) is 0 Å². The van der Waals surface area contributed by atoms with E-state index in [1.165, 1.54) is 5.56 Å². The molecule has 2 heterocycles. The number of unbranched alkanes of at least 4 members (excludes halogenated alkanes) is 3. The fourth-order valence-electron chi connectivity index (χ4n) is 4.06. The molecule has 214 valence electrons. The first kappa shape index (κ1) is 29.4. The van der Waals surface area contributed by atoms with Gasteiger partial charge in [0, 0.05) is 38.2 Å². The lowest BCUT2D eigenvalue weighted by Gasteiger charge is -2.07. The Hall–Kier alpha value is -3.62. The van der Waals surface area contributed by atoms with Gasteiger partial charge < -0.3 is 28.0 Å². The average molecular weight is 549 g/mol. The number of aryl methyl sites for hydroxylation is 2. The minimum Gasteiger partial charge on any atom is -0.494 e. The molecule has 0 amide bonds. The highest BCUT2D eigenvalue weighted by atomic mass is 16.5. The van der Waals surface area contributed by atoms with Crippen molar-refractivity contribution in [2.75, 3.05) is 33.0 Å². The van der Waals surface area contributed by atoms with Crippen molar-refractivity contribution in [2.24, 2.45) is 0 Å². The molecule has 0 bridgehead atoms. The summed E-state index contributed by atoms with van der Waals surface area (Å²) in [4.78, 5) is 0. The summed E-state index contributed by atoms with van der Waals surface area (Å²) in [6, 6.07) is 22.0. The Bertz CT molecular complexity index is 1160. The van der Waals surface area contributed by atoms with E-state index in [0.717, 1.165) is 86.6 Å². The van der Waals surface area contributed by atoms with E-state index in [0.29, 0.717) is 33.0 Å². The lowest BCUT2D eigenvalue weighted by molar-refractivity contribution is 0.111. The van der Waals surface area contributed by atoms with E-state index in [1.807, 2.05) is 54.6 Å². The number of para-hydroxylation sites is 1. The lowest BCUT2D eigenvalue weighted by atomic mass is 10.1. The first-order valence-electron chi connectivity index (χ1n) is 14.2. The number of hydrogen-bond acceptors (Lipinski definition) is 8. The van der Waals surface area contributed by atoms with Gasteiger partial charge in [0.05, 0.1) is 32.1 Å². The summed E-state index contributed by atoms with van der Waals surface area (Å²) in [7, 11) is 0. The van der Waals surface area contributed by atoms with Crippen LogP contribution >= 0.6 is 0 Å². The highest BCUT2D eigenvalue weighted by molar-refractivity contribution is 5.27. The van der Waals surface area contributed by atoms with Gasteiger partial charge in [-0.25, -0.2) is 0 Å². The molecule has 0 fully saturated rings. The van der Waals surface area contributed by atoms with Gasteiger partial charge in [-0.15, -0.1) is 0 Å². The maximum absolute atomic E-state index is 5.88. The maximum Gasteiger partial charge on any atom is 0.137 e. The van der Waals surface area contributed by atoms with Gasteiger partial charge in [-0.2, -0.15) is 0 Å². The van der Waals surface area contributed by atoms with E-state index >= 15 is 0 Å². The monoisotopic (exact) mass is 548 g/mol. The van der Waals surface area contributed by atoms with Crippen LogP contribution in [0.15, 0.2) is 82.0 Å². The summed E-state index contributed by atoms with van der Waals surface area (Å²) >= 11 is 0. The van der Waals surface area contributed by atoms with Crippen molar-refractivity contribution in [1.82, 2.24) is 10.3 Å². The molecule has 8 heteroatoms. The van der Waals surface area contributed by atoms with E-state index in [4.69, 9.17) is 28.0 Å². The maximum atomic E-state index is 5.88. The van der Waals surface area contributed by atoms with Crippen LogP contribution in [0.25, 0.3) is 0 Å². The molecule has 40 heavy (non-hydrogen) atoms. The summed E-state index contributed by atoms with van der Waals surface area (Å²) in [6.07, 6.45) is 9.03. The third-order valence-corrected chi connectivity index (χ3v) is 6.33. The molecular formula is C32H40N2O6. The smallest absolute Gasteiger partial charge is 0.137 e. The molecule has 0 aliphatic rings. The van der Waals surface area contributed by atoms with Crippen LogP contribution in [0.3, 0.4) is 0 Å². The van der Waals surface area contributed by atoms with Crippen molar-refractivity contribution in [3.63, 3.8) is 0 Å². The normalized spacial score (nSPS) is 11.1. The van der Waals surface area contributed by atoms with Crippen molar-refractivity contribution in [2.45, 2.75) is 58.0 Å². The Labute approximate surface area is 236 Å². The van der Waals surface area contributed by atoms with Gasteiger partial charge >= 0.3 is 0 Å². The van der Waals surface area contributed by atoms with Crippen LogP contribution in [-0.4, -0.2) is 43.3 Å². The second kappa shape index (κ2) is 17.9. The molecule has 0 aliphatic heterocycles. The van der Waals surface area contributed by atoms with Crippen molar-refractivity contribution in [1.29, 1.82) is 0 Å². The van der Waals surface area contributed by atoms with Crippen LogP contribution in [0.2, 0.25) is 0 Å². The van der Waals surface area contributed by atoms with Crippen LogP contribution in [0, 0.1) is 0 Å². The quantitative estimate of drug-likeness (QED) is 0.107. The molecule has 4 rings (SSSR count). The topological polar surface area (TPSA) is 89.0 Å². The fourth-order valence-corrected chi connectivity index (χ4v) is 4.06. The standard InChI is InChI=1S/C32H40N2O6/c1-3-9-30(10-4-1)37-22-8-7-19-35-23-17-28-25-32(40-34-28)16-13-27-11-14-31(15-12-27)38-21-6-2-5-20-36-26-29-18-24-39-33-29/h1,3-4,9-12,14-15,18,24-25H,2,5-8,13,16-17,19-23,26H2. The second-order valence-corrected chi connectivity index (χ2v) is 9.61. The molecule has 0 atom stereocenters. The third kappa shape index (κ3) is 11.6. The number of aromatic nitrogens is 2. The second-order valence-electron chi connectivity index (χ2n) is 9.61. The summed E-state index contributed by atoms with van der Waals surface area (Å²) in [5.41, 5.74) is 3.01. The summed E-state index contributed by atoms with van der Waals surface area (Å²) in [6.45, 7) is 4.00. The Morgan fingerprint density at radius 3 is 2.10 bits per heavy atom. The third-order valence-electron chi connectivity index (χ3n) is 6.33. The van der Waals surface area contributed by atoms with Gasteiger partial charge in [0.25, 0.3) is 0 Å². The van der Waals surface area contributed by atoms with Gasteiger partial charge in [-0.05, 0) is 68.4 Å². The molecular weight excluding hydrogens is 508 g/mol. The fraction of sp³-hybridized carbons (Fsp3) is 0.438. The molecule has 0 N–H and O–H groups in total. The van der Waals surface area contributed by atoms with Crippen LogP contribution in [0.4, 0.5) is 0 Å². The highest BCUT2D eigenvalue weighted by Crippen LogP contribution is 2.16. The summed E-state index contributed by atoms with van der Waals surface area (Å²) in [5.74, 6) is 2.71. The van der Waals surface area contributed by atoms with Gasteiger partial charge in [-0.1, -0.05) is 40.6 Å². The molecule has 0 saturated carbocycles. The average Bonchev–Trinajstić information content (AvgIpc) is 3.68. The van der Waals surface area contributed by atoms with Crippen LogP contribution in [-0.2, 0) is 35.3 Å². The van der Waals surface area contributed by atoms with Crippen molar-refractivity contribution < 1.29 is 28.0 Å². The lowest BCUT2D eigenvalue weighted by Crippen LogP contribution is -2.03. The molecule has 8 nitrogen and oxygen atoms in total. The van der Waals surface area contributed by atoms with E-state index in [9.17, 15) is 0 Å². The summed E-state index contributed by atoms with van der Waals surface area (Å²) < 4.78 is 33.2. The zero-order valence-electron chi connectivity index (χ0n) is 23.2. The van der Waals surface area contributed by atoms with Crippen molar-refractivity contribution in [3.05, 3.63) is 95.7 Å². The molecule has 0 spiro atoms. The van der Waals surface area contributed by atoms with Crippen molar-refractivity contribution >= 4 is 0 Å². The number of nitrogens with zero attached hydrogens (tertiary/aromatic N) is 2. The number of benzene rings is 2. The summed E-state index contributed by atoms with van der Waals surface area (Å²) in [5, 5.41) is 8.01. The minimum absolute atomic E-state index is 0.499. The molecule has 2 aromatic heterocycles. The predicted octanol–water partition coefficient (Wildman–Crippen LogP) is 6.63. The Morgan fingerprint density at radius 2 is 1.30 bits per heavy atom. The first-order valence-corrected chi connectivity index (χ1v) is 14.2. The SMILES string of the molecule is c1ccc(OCCCCOCCc2cc(CCc3ccc(OCCCCCOCc4ccon4)cc3)on2)cc1. The molecule has 0 unspecified atom stereocenters. The van der Waals surface area contributed by atoms with Gasteiger partial charge in [0.1, 0.15) is 29.2 Å². The molecule has 0 aliphatic carbocycles. The number of rotatable bonds is 21. The minimum atomic E-state index is 0.499. The van der Waals surface area contributed by atoms with Crippen molar-refractivity contribution in [3.8, 4) is 11.5 Å². The number of hydrogen-bond donors (Lipinski definition) is 0. The highest BCUT2D eigenvalue weighted by Gasteiger charge is 2.06. The Morgan fingerprint density at radius 1 is 0.575 bits per heavy atom. The van der Waals surface area contributed by atoms with E-state index < -0.39 is 0 Å². The van der Waals surface area contributed by atoms with E-state index in [-0.39, 0.29) is 0 Å². The van der Waals surface area contributed by atoms with Gasteiger partial charge in [-0.3, -0.25) is 0 Å². The van der Waals surface area contributed by atoms with Crippen LogP contribution in [0.5, 0.6) is 11.5 Å². The first-order chi connectivity index (χ1) is 19.8. The Balaban J connectivity index is 0.984. The van der Waals surface area contributed by atoms with E-state index in [2.05, 4.69) is 22.4 Å². The van der Waals surface area contributed by atoms with Crippen LogP contribution < -0.4 is 9.47 Å². The van der Waals surface area contributed by atoms with Gasteiger partial charge in [0.15, 0.2) is 0 Å². The molecule has 2 aromatic carbocycles. The van der Waals surface area contributed by atoms with E-state index in [1.54, 1.807) is 6.26 Å².